The molecule has 0 bridgehead atoms. The molecule has 1 heterocycles. The van der Waals surface area contributed by atoms with Gasteiger partial charge >= 0.3 is 0 Å². The molecule has 4 aromatic carbocycles. The smallest absolute Gasteiger partial charge is 0.164 e. The van der Waals surface area contributed by atoms with Crippen molar-refractivity contribution in [3.63, 3.8) is 0 Å². The van der Waals surface area contributed by atoms with Crippen LogP contribution in [0.3, 0.4) is 0 Å². The van der Waals surface area contributed by atoms with Gasteiger partial charge < -0.3 is 0 Å². The summed E-state index contributed by atoms with van der Waals surface area (Å²) in [5.74, 6) is 2.17. The summed E-state index contributed by atoms with van der Waals surface area (Å²) in [7, 11) is 0. The van der Waals surface area contributed by atoms with E-state index < -0.39 is 0 Å². The van der Waals surface area contributed by atoms with Crippen LogP contribution in [-0.4, -0.2) is 15.0 Å². The van der Waals surface area contributed by atoms with Gasteiger partial charge in [-0.25, -0.2) is 15.0 Å². The van der Waals surface area contributed by atoms with E-state index >= 15 is 0 Å². The molecule has 0 amide bonds. The quantitative estimate of drug-likeness (QED) is 0.195. The van der Waals surface area contributed by atoms with E-state index in [1.165, 1.54) is 59.8 Å². The minimum absolute atomic E-state index is 0.0299. The third-order valence-corrected chi connectivity index (χ3v) is 10.1. The minimum atomic E-state index is 0.0299. The molecule has 5 aromatic rings. The Morgan fingerprint density at radius 3 is 1.78 bits per heavy atom. The highest BCUT2D eigenvalue weighted by Gasteiger charge is 2.35. The number of benzene rings is 4. The van der Waals surface area contributed by atoms with Crippen LogP contribution in [0.15, 0.2) is 127 Å². The zero-order chi connectivity index (χ0) is 30.8. The Labute approximate surface area is 272 Å². The molecular weight excluding hydrogens is 558 g/mol. The molecule has 0 N–H and O–H groups in total. The normalized spacial score (nSPS) is 17.5. The predicted molar refractivity (Wildman–Crippen MR) is 191 cm³/mol. The van der Waals surface area contributed by atoms with Crippen LogP contribution in [-0.2, 0) is 5.41 Å². The van der Waals surface area contributed by atoms with Crippen molar-refractivity contribution in [2.45, 2.75) is 63.2 Å². The summed E-state index contributed by atoms with van der Waals surface area (Å²) in [6.07, 6.45) is 24.0. The highest BCUT2D eigenvalue weighted by molar-refractivity contribution is 5.95. The molecule has 8 rings (SSSR count). The molecule has 3 nitrogen and oxygen atoms in total. The zero-order valence-corrected chi connectivity index (χ0v) is 26.3. The average Bonchev–Trinajstić information content (AvgIpc) is 3.15. The standard InChI is InChI=1S/C43H39N3/c1-4-13-31(14-5-1)32-21-25-36(26-22-32)43(29-10-3-11-30-43)37-27-23-35(24-28-37)41-44-40(34-16-6-2-7-17-34)45-42(46-41)39-20-12-18-33-15-8-9-19-38(33)39/h4,6,8-9,12-28H,1-3,5,7,10-11,29-30H2. The number of hydrogen-bond donors (Lipinski definition) is 0. The lowest BCUT2D eigenvalue weighted by Gasteiger charge is -2.39. The van der Waals surface area contributed by atoms with Gasteiger partial charge in [0.05, 0.1) is 0 Å². The fraction of sp³-hybridized carbons (Fsp3) is 0.233. The Balaban J connectivity index is 1.19. The van der Waals surface area contributed by atoms with Crippen molar-refractivity contribution in [2.24, 2.45) is 0 Å². The molecule has 46 heavy (non-hydrogen) atoms. The summed E-state index contributed by atoms with van der Waals surface area (Å²) in [5.41, 5.74) is 8.63. The molecular formula is C43H39N3. The van der Waals surface area contributed by atoms with Crippen molar-refractivity contribution in [2.75, 3.05) is 0 Å². The van der Waals surface area contributed by atoms with Crippen molar-refractivity contribution in [1.29, 1.82) is 0 Å². The maximum atomic E-state index is 5.11. The molecule has 0 aliphatic heterocycles. The molecule has 3 aliphatic carbocycles. The van der Waals surface area contributed by atoms with Crippen LogP contribution in [0.1, 0.15) is 80.3 Å². The maximum absolute atomic E-state index is 5.11. The number of nitrogens with zero attached hydrogens (tertiary/aromatic N) is 3. The Kier molecular flexibility index (Phi) is 7.75. The van der Waals surface area contributed by atoms with E-state index in [1.807, 2.05) is 0 Å². The molecule has 1 aromatic heterocycles. The fourth-order valence-electron chi connectivity index (χ4n) is 7.60. The summed E-state index contributed by atoms with van der Waals surface area (Å²) in [6, 6.07) is 33.4. The second-order valence-electron chi connectivity index (χ2n) is 12.9. The lowest BCUT2D eigenvalue weighted by atomic mass is 9.65. The third kappa shape index (κ3) is 5.45. The maximum Gasteiger partial charge on any atom is 0.164 e. The van der Waals surface area contributed by atoms with Gasteiger partial charge in [0.15, 0.2) is 17.5 Å². The van der Waals surface area contributed by atoms with Crippen LogP contribution >= 0.6 is 0 Å². The molecule has 3 aliphatic rings. The third-order valence-electron chi connectivity index (χ3n) is 10.1. The highest BCUT2D eigenvalue weighted by atomic mass is 15.0. The van der Waals surface area contributed by atoms with Crippen molar-refractivity contribution < 1.29 is 0 Å². The van der Waals surface area contributed by atoms with Gasteiger partial charge in [-0.15, -0.1) is 0 Å². The van der Waals surface area contributed by atoms with Crippen LogP contribution in [0.5, 0.6) is 0 Å². The van der Waals surface area contributed by atoms with Gasteiger partial charge in [-0.05, 0) is 71.6 Å². The van der Waals surface area contributed by atoms with Gasteiger partial charge in [0.2, 0.25) is 0 Å². The van der Waals surface area contributed by atoms with Gasteiger partial charge in [-0.1, -0.05) is 147 Å². The Morgan fingerprint density at radius 1 is 0.478 bits per heavy atom. The van der Waals surface area contributed by atoms with Gasteiger partial charge in [-0.2, -0.15) is 0 Å². The minimum Gasteiger partial charge on any atom is -0.208 e. The van der Waals surface area contributed by atoms with Crippen LogP contribution < -0.4 is 0 Å². The number of aromatic nitrogens is 3. The first kappa shape index (κ1) is 28.6. The molecule has 0 saturated heterocycles. The van der Waals surface area contributed by atoms with Gasteiger partial charge in [0.25, 0.3) is 0 Å². The first-order valence-electron chi connectivity index (χ1n) is 17.0. The monoisotopic (exact) mass is 597 g/mol. The molecule has 1 saturated carbocycles. The first-order valence-corrected chi connectivity index (χ1v) is 17.0. The molecule has 0 unspecified atom stereocenters. The predicted octanol–water partition coefficient (Wildman–Crippen LogP) is 11.1. The van der Waals surface area contributed by atoms with Crippen LogP contribution in [0.4, 0.5) is 0 Å². The van der Waals surface area contributed by atoms with Gasteiger partial charge in [0.1, 0.15) is 0 Å². The molecule has 0 spiro atoms. The van der Waals surface area contributed by atoms with Crippen molar-refractivity contribution in [3.05, 3.63) is 150 Å². The van der Waals surface area contributed by atoms with E-state index in [1.54, 1.807) is 0 Å². The second-order valence-corrected chi connectivity index (χ2v) is 12.9. The number of rotatable bonds is 6. The first-order chi connectivity index (χ1) is 22.8. The number of allylic oxidation sites excluding steroid dienone is 8. The Morgan fingerprint density at radius 2 is 1.09 bits per heavy atom. The van der Waals surface area contributed by atoms with Crippen LogP contribution in [0.2, 0.25) is 0 Å². The van der Waals surface area contributed by atoms with Crippen LogP contribution in [0, 0.1) is 0 Å². The van der Waals surface area contributed by atoms with Gasteiger partial charge in [0, 0.05) is 22.1 Å². The largest absolute Gasteiger partial charge is 0.208 e. The van der Waals surface area contributed by atoms with Crippen molar-refractivity contribution in [1.82, 2.24) is 15.0 Å². The van der Waals surface area contributed by atoms with Gasteiger partial charge in [-0.3, -0.25) is 0 Å². The van der Waals surface area contributed by atoms with E-state index in [0.29, 0.717) is 5.82 Å². The fourth-order valence-corrected chi connectivity index (χ4v) is 7.60. The second kappa shape index (κ2) is 12.5. The zero-order valence-electron chi connectivity index (χ0n) is 26.3. The van der Waals surface area contributed by atoms with E-state index in [9.17, 15) is 0 Å². The molecule has 0 radical (unpaired) electrons. The molecule has 3 heteroatoms. The topological polar surface area (TPSA) is 38.7 Å². The van der Waals surface area contributed by atoms with E-state index in [2.05, 4.69) is 127 Å². The average molecular weight is 598 g/mol. The Bertz CT molecular complexity index is 2000. The summed E-state index contributed by atoms with van der Waals surface area (Å²) >= 11 is 0. The summed E-state index contributed by atoms with van der Waals surface area (Å²) < 4.78 is 0. The van der Waals surface area contributed by atoms with E-state index in [-0.39, 0.29) is 5.41 Å². The number of fused-ring (bicyclic) bond motifs is 1. The van der Waals surface area contributed by atoms with Crippen molar-refractivity contribution >= 4 is 21.9 Å². The van der Waals surface area contributed by atoms with Crippen molar-refractivity contribution in [3.8, 4) is 22.8 Å². The Hall–Kier alpha value is -4.89. The summed E-state index contributed by atoms with van der Waals surface area (Å²) in [6.45, 7) is 0. The number of hydrogen-bond acceptors (Lipinski definition) is 3. The lowest BCUT2D eigenvalue weighted by molar-refractivity contribution is 0.346. The highest BCUT2D eigenvalue weighted by Crippen LogP contribution is 2.45. The van der Waals surface area contributed by atoms with E-state index in [0.717, 1.165) is 59.4 Å². The van der Waals surface area contributed by atoms with E-state index in [4.69, 9.17) is 15.0 Å². The molecule has 1 fully saturated rings. The molecule has 226 valence electrons. The lowest BCUT2D eigenvalue weighted by Crippen LogP contribution is -2.30. The SMILES string of the molecule is C1=CC(c2ccc(C3(c4ccc(-c5nc(C6=CCCC=C6)nc(-c6cccc7ccccc67)n5)cc4)CCCCC3)cc2)=CCC1. The molecule has 0 atom stereocenters. The summed E-state index contributed by atoms with van der Waals surface area (Å²) in [5, 5.41) is 2.33. The van der Waals surface area contributed by atoms with Crippen LogP contribution in [0.25, 0.3) is 44.7 Å². The summed E-state index contributed by atoms with van der Waals surface area (Å²) in [4.78, 5) is 15.2.